The zero-order valence-electron chi connectivity index (χ0n) is 17.8. The van der Waals surface area contributed by atoms with Crippen LogP contribution in [0.1, 0.15) is 30.9 Å². The molecule has 0 radical (unpaired) electrons. The van der Waals surface area contributed by atoms with Gasteiger partial charge in [0, 0.05) is 30.8 Å². The van der Waals surface area contributed by atoms with Crippen LogP contribution < -0.4 is 10.6 Å². The minimum absolute atomic E-state index is 0.0447. The van der Waals surface area contributed by atoms with Crippen LogP contribution >= 0.6 is 0 Å². The number of likely N-dealkylation sites (tertiary alicyclic amines) is 1. The first kappa shape index (κ1) is 22.3. The first-order chi connectivity index (χ1) is 15.1. The molecule has 1 saturated heterocycles. The third-order valence-electron chi connectivity index (χ3n) is 5.49. The second kappa shape index (κ2) is 11.1. The predicted octanol–water partition coefficient (Wildman–Crippen LogP) is 3.26. The fraction of sp³-hybridized carbons (Fsp3) is 0.320. The maximum atomic E-state index is 12.5. The van der Waals surface area contributed by atoms with Crippen LogP contribution in [0, 0.1) is 5.92 Å². The summed E-state index contributed by atoms with van der Waals surface area (Å²) in [7, 11) is 0. The van der Waals surface area contributed by atoms with Gasteiger partial charge in [0.25, 0.3) is 0 Å². The van der Waals surface area contributed by atoms with Gasteiger partial charge in [-0.3, -0.25) is 14.4 Å². The van der Waals surface area contributed by atoms with Gasteiger partial charge in [0.15, 0.2) is 0 Å². The molecule has 0 unspecified atom stereocenters. The number of rotatable bonds is 7. The van der Waals surface area contributed by atoms with Crippen molar-refractivity contribution in [3.8, 4) is 0 Å². The molecular formula is C25H29N3O3. The molecule has 3 amide bonds. The van der Waals surface area contributed by atoms with Crippen LogP contribution in [0.2, 0.25) is 0 Å². The highest BCUT2D eigenvalue weighted by Gasteiger charge is 2.26. The maximum absolute atomic E-state index is 12.5. The Kier molecular flexibility index (Phi) is 7.98. The summed E-state index contributed by atoms with van der Waals surface area (Å²) in [5.74, 6) is -0.603. The van der Waals surface area contributed by atoms with Gasteiger partial charge >= 0.3 is 0 Å². The molecule has 2 N–H and O–H groups in total. The Balaban J connectivity index is 1.41. The number of aryl methyl sites for hydroxylation is 1. The number of benzene rings is 2. The van der Waals surface area contributed by atoms with Crippen molar-refractivity contribution in [2.75, 3.05) is 25.0 Å². The zero-order chi connectivity index (χ0) is 22.1. The number of piperidine rings is 1. The number of nitrogens with one attached hydrogen (secondary N) is 2. The molecule has 162 valence electrons. The monoisotopic (exact) mass is 419 g/mol. The lowest BCUT2D eigenvalue weighted by Crippen LogP contribution is -2.44. The van der Waals surface area contributed by atoms with Gasteiger partial charge < -0.3 is 15.5 Å². The van der Waals surface area contributed by atoms with Crippen molar-refractivity contribution in [3.63, 3.8) is 0 Å². The van der Waals surface area contributed by atoms with Gasteiger partial charge in [-0.1, -0.05) is 55.5 Å². The van der Waals surface area contributed by atoms with Crippen LogP contribution in [-0.2, 0) is 20.8 Å². The summed E-state index contributed by atoms with van der Waals surface area (Å²) in [5, 5.41) is 5.59. The smallest absolute Gasteiger partial charge is 0.246 e. The minimum Gasteiger partial charge on any atom is -0.347 e. The second-order valence-electron chi connectivity index (χ2n) is 7.62. The van der Waals surface area contributed by atoms with Gasteiger partial charge in [-0.25, -0.2) is 0 Å². The largest absolute Gasteiger partial charge is 0.347 e. The Morgan fingerprint density at radius 1 is 1.00 bits per heavy atom. The molecule has 0 saturated carbocycles. The van der Waals surface area contributed by atoms with Gasteiger partial charge in [-0.2, -0.15) is 0 Å². The van der Waals surface area contributed by atoms with E-state index in [0.29, 0.717) is 25.9 Å². The van der Waals surface area contributed by atoms with Gasteiger partial charge in [0.05, 0.1) is 6.54 Å². The third kappa shape index (κ3) is 6.54. The Morgan fingerprint density at radius 2 is 1.68 bits per heavy atom. The molecular weight excluding hydrogens is 390 g/mol. The van der Waals surface area contributed by atoms with E-state index in [0.717, 1.165) is 23.2 Å². The molecule has 0 spiro atoms. The van der Waals surface area contributed by atoms with E-state index >= 15 is 0 Å². The van der Waals surface area contributed by atoms with Crippen LogP contribution in [0.3, 0.4) is 0 Å². The first-order valence-electron chi connectivity index (χ1n) is 10.7. The average molecular weight is 420 g/mol. The normalized spacial score (nSPS) is 14.4. The van der Waals surface area contributed by atoms with Crippen molar-refractivity contribution in [1.29, 1.82) is 0 Å². The first-order valence-corrected chi connectivity index (χ1v) is 10.7. The van der Waals surface area contributed by atoms with Crippen LogP contribution in [-0.4, -0.2) is 42.3 Å². The van der Waals surface area contributed by atoms with Crippen molar-refractivity contribution in [2.24, 2.45) is 5.92 Å². The molecule has 0 atom stereocenters. The Bertz CT molecular complexity index is 932. The van der Waals surface area contributed by atoms with E-state index in [2.05, 4.69) is 10.6 Å². The zero-order valence-corrected chi connectivity index (χ0v) is 17.8. The van der Waals surface area contributed by atoms with E-state index < -0.39 is 0 Å². The summed E-state index contributed by atoms with van der Waals surface area (Å²) in [6, 6.07) is 17.3. The highest BCUT2D eigenvalue weighted by Crippen LogP contribution is 2.18. The third-order valence-corrected chi connectivity index (χ3v) is 5.49. The van der Waals surface area contributed by atoms with Crippen LogP contribution in [0.5, 0.6) is 0 Å². The van der Waals surface area contributed by atoms with E-state index in [1.807, 2.05) is 61.5 Å². The van der Waals surface area contributed by atoms with Crippen LogP contribution in [0.25, 0.3) is 6.08 Å². The molecule has 2 aromatic carbocycles. The van der Waals surface area contributed by atoms with Crippen molar-refractivity contribution in [2.45, 2.75) is 26.2 Å². The van der Waals surface area contributed by atoms with E-state index in [1.165, 1.54) is 0 Å². The predicted molar refractivity (Wildman–Crippen MR) is 122 cm³/mol. The summed E-state index contributed by atoms with van der Waals surface area (Å²) in [5.41, 5.74) is 2.81. The van der Waals surface area contributed by atoms with Crippen molar-refractivity contribution in [1.82, 2.24) is 10.2 Å². The molecule has 0 bridgehead atoms. The Labute approximate surface area is 183 Å². The number of nitrogens with zero attached hydrogens (tertiary/aromatic N) is 1. The number of para-hydroxylation sites is 1. The fourth-order valence-electron chi connectivity index (χ4n) is 3.66. The van der Waals surface area contributed by atoms with Crippen LogP contribution in [0.4, 0.5) is 5.69 Å². The topological polar surface area (TPSA) is 78.5 Å². The number of carbonyl (C=O) groups excluding carboxylic acids is 3. The van der Waals surface area contributed by atoms with E-state index in [9.17, 15) is 14.4 Å². The molecule has 1 aliphatic heterocycles. The second-order valence-corrected chi connectivity index (χ2v) is 7.62. The molecule has 31 heavy (non-hydrogen) atoms. The number of carbonyl (C=O) groups is 3. The molecule has 2 aromatic rings. The molecule has 1 aliphatic rings. The Hall–Kier alpha value is -3.41. The summed E-state index contributed by atoms with van der Waals surface area (Å²) < 4.78 is 0. The van der Waals surface area contributed by atoms with Gasteiger partial charge in [0.1, 0.15) is 0 Å². The lowest BCUT2D eigenvalue weighted by molar-refractivity contribution is -0.132. The average Bonchev–Trinajstić information content (AvgIpc) is 2.82. The van der Waals surface area contributed by atoms with Crippen LogP contribution in [0.15, 0.2) is 60.7 Å². The number of amides is 3. The van der Waals surface area contributed by atoms with E-state index in [1.54, 1.807) is 17.1 Å². The number of hydrogen-bond acceptors (Lipinski definition) is 3. The Morgan fingerprint density at radius 3 is 2.39 bits per heavy atom. The molecule has 1 heterocycles. The highest BCUT2D eigenvalue weighted by atomic mass is 16.2. The SMILES string of the molecule is CCc1ccccc1NC(=O)CNC(=O)C1CCN(C(=O)/C=C/c2ccccc2)CC1. The standard InChI is InChI=1S/C25H29N3O3/c1-2-20-10-6-7-11-22(20)27-23(29)18-26-25(31)21-14-16-28(17-15-21)24(30)13-12-19-8-4-3-5-9-19/h3-13,21H,2,14-18H2,1H3,(H,26,31)(H,27,29)/b13-12+. The minimum atomic E-state index is -0.243. The van der Waals surface area contributed by atoms with Crippen molar-refractivity contribution in [3.05, 3.63) is 71.8 Å². The maximum Gasteiger partial charge on any atom is 0.246 e. The summed E-state index contributed by atoms with van der Waals surface area (Å²) in [6.07, 6.45) is 5.39. The molecule has 1 fully saturated rings. The quantitative estimate of drug-likeness (QED) is 0.676. The lowest BCUT2D eigenvalue weighted by atomic mass is 9.96. The molecule has 0 aliphatic carbocycles. The van der Waals surface area contributed by atoms with E-state index in [4.69, 9.17) is 0 Å². The molecule has 3 rings (SSSR count). The summed E-state index contributed by atoms with van der Waals surface area (Å²) in [6.45, 7) is 3.04. The van der Waals surface area contributed by atoms with Crippen molar-refractivity contribution >= 4 is 29.5 Å². The lowest BCUT2D eigenvalue weighted by Gasteiger charge is -2.30. The highest BCUT2D eigenvalue weighted by molar-refractivity contribution is 5.95. The number of anilines is 1. The number of hydrogen-bond donors (Lipinski definition) is 2. The van der Waals surface area contributed by atoms with Gasteiger partial charge in [-0.15, -0.1) is 0 Å². The fourth-order valence-corrected chi connectivity index (χ4v) is 3.66. The van der Waals surface area contributed by atoms with Gasteiger partial charge in [0.2, 0.25) is 17.7 Å². The summed E-state index contributed by atoms with van der Waals surface area (Å²) in [4.78, 5) is 38.8. The molecule has 0 aromatic heterocycles. The molecule has 6 heteroatoms. The molecule has 6 nitrogen and oxygen atoms in total. The van der Waals surface area contributed by atoms with Crippen molar-refractivity contribution < 1.29 is 14.4 Å². The summed E-state index contributed by atoms with van der Waals surface area (Å²) >= 11 is 0. The van der Waals surface area contributed by atoms with Gasteiger partial charge in [-0.05, 0) is 42.5 Å². The van der Waals surface area contributed by atoms with E-state index in [-0.39, 0.29) is 30.2 Å².